The van der Waals surface area contributed by atoms with Crippen LogP contribution in [-0.4, -0.2) is 25.5 Å². The number of esters is 1. The van der Waals surface area contributed by atoms with E-state index < -0.39 is 11.9 Å². The van der Waals surface area contributed by atoms with Gasteiger partial charge in [0.15, 0.2) is 5.78 Å². The molecular weight excluding hydrogens is 409 g/mol. The Kier molecular flexibility index (Phi) is 4.69. The third-order valence-corrected chi connectivity index (χ3v) is 6.42. The highest BCUT2D eigenvalue weighted by molar-refractivity contribution is 6.06. The van der Waals surface area contributed by atoms with Crippen molar-refractivity contribution in [3.05, 3.63) is 82.5 Å². The Labute approximate surface area is 186 Å². The third-order valence-electron chi connectivity index (χ3n) is 6.42. The minimum Gasteiger partial charge on any atom is -0.497 e. The lowest BCUT2D eigenvalue weighted by atomic mass is 9.68. The number of Topliss-reactive ketones (excluding diaryl/α,β-unsaturated/α-hetero) is 1. The summed E-state index contributed by atoms with van der Waals surface area (Å²) in [6.45, 7) is 4.25. The number of halogens is 1. The van der Waals surface area contributed by atoms with Crippen molar-refractivity contribution >= 4 is 17.4 Å². The fourth-order valence-electron chi connectivity index (χ4n) is 5.04. The maximum Gasteiger partial charge on any atom is 0.337 e. The van der Waals surface area contributed by atoms with Gasteiger partial charge in [-0.2, -0.15) is 0 Å². The van der Waals surface area contributed by atoms with Crippen LogP contribution in [0.1, 0.15) is 38.2 Å². The number of hydrogen-bond donors (Lipinski definition) is 0. The van der Waals surface area contributed by atoms with Crippen LogP contribution >= 0.6 is 0 Å². The van der Waals surface area contributed by atoms with Gasteiger partial charge >= 0.3 is 5.97 Å². The summed E-state index contributed by atoms with van der Waals surface area (Å²) in [6, 6.07) is 13.6. The molecule has 0 saturated carbocycles. The van der Waals surface area contributed by atoms with Gasteiger partial charge in [0.05, 0.1) is 18.4 Å². The van der Waals surface area contributed by atoms with Crippen molar-refractivity contribution in [2.75, 3.05) is 18.6 Å². The first-order valence-corrected chi connectivity index (χ1v) is 10.6. The average molecular weight is 433 g/mol. The zero-order chi connectivity index (χ0) is 22.6. The number of cyclic esters (lactones) is 1. The van der Waals surface area contributed by atoms with Gasteiger partial charge in [-0.1, -0.05) is 26.0 Å². The Bertz CT molecular complexity index is 1180. The molecule has 1 unspecified atom stereocenters. The lowest BCUT2D eigenvalue weighted by Crippen LogP contribution is -2.40. The van der Waals surface area contributed by atoms with Crippen molar-refractivity contribution in [3.8, 4) is 5.75 Å². The third kappa shape index (κ3) is 3.22. The van der Waals surface area contributed by atoms with Gasteiger partial charge in [-0.15, -0.1) is 0 Å². The highest BCUT2D eigenvalue weighted by Crippen LogP contribution is 2.52. The van der Waals surface area contributed by atoms with Gasteiger partial charge in [0, 0.05) is 29.3 Å². The van der Waals surface area contributed by atoms with E-state index in [0.717, 1.165) is 11.3 Å². The van der Waals surface area contributed by atoms with Crippen LogP contribution in [0.3, 0.4) is 0 Å². The van der Waals surface area contributed by atoms with Crippen molar-refractivity contribution in [1.29, 1.82) is 0 Å². The molecule has 164 valence electrons. The number of nitrogens with zero attached hydrogens (tertiary/aromatic N) is 1. The van der Waals surface area contributed by atoms with Crippen LogP contribution in [0.25, 0.3) is 0 Å². The molecular formula is C26H24FNO4. The highest BCUT2D eigenvalue weighted by atomic mass is 19.1. The topological polar surface area (TPSA) is 55.8 Å². The van der Waals surface area contributed by atoms with E-state index in [0.29, 0.717) is 41.1 Å². The second-order valence-corrected chi connectivity index (χ2v) is 9.26. The van der Waals surface area contributed by atoms with Crippen LogP contribution < -0.4 is 9.64 Å². The molecule has 5 nitrogen and oxygen atoms in total. The Morgan fingerprint density at radius 1 is 0.969 bits per heavy atom. The van der Waals surface area contributed by atoms with E-state index in [-0.39, 0.29) is 23.6 Å². The van der Waals surface area contributed by atoms with Gasteiger partial charge in [-0.05, 0) is 53.8 Å². The molecule has 0 amide bonds. The molecule has 0 spiro atoms. The summed E-state index contributed by atoms with van der Waals surface area (Å²) >= 11 is 0. The number of ketones is 1. The molecule has 1 atom stereocenters. The number of rotatable bonds is 3. The molecule has 5 rings (SSSR count). The minimum atomic E-state index is -0.499. The first-order chi connectivity index (χ1) is 15.3. The molecule has 0 fully saturated rings. The van der Waals surface area contributed by atoms with E-state index in [9.17, 15) is 14.0 Å². The quantitative estimate of drug-likeness (QED) is 0.645. The maximum atomic E-state index is 13.7. The van der Waals surface area contributed by atoms with E-state index in [4.69, 9.17) is 9.47 Å². The second kappa shape index (κ2) is 7.33. The summed E-state index contributed by atoms with van der Waals surface area (Å²) in [7, 11) is 1.60. The lowest BCUT2D eigenvalue weighted by Gasteiger charge is -2.43. The number of ether oxygens (including phenoxy) is 2. The van der Waals surface area contributed by atoms with Gasteiger partial charge in [0.2, 0.25) is 0 Å². The zero-order valence-electron chi connectivity index (χ0n) is 18.3. The molecule has 2 aromatic rings. The minimum absolute atomic E-state index is 0.0235. The van der Waals surface area contributed by atoms with Gasteiger partial charge < -0.3 is 14.4 Å². The molecule has 0 bridgehead atoms. The van der Waals surface area contributed by atoms with Gasteiger partial charge in [-0.3, -0.25) is 4.79 Å². The molecule has 0 saturated heterocycles. The SMILES string of the molecule is COc1ccc(C2C3=C(CC(C)(C)CC3=O)N(c3ccc(F)cc3)C3=C2C(=O)OC3)cc1. The van der Waals surface area contributed by atoms with Crippen molar-refractivity contribution in [2.24, 2.45) is 5.41 Å². The summed E-state index contributed by atoms with van der Waals surface area (Å²) in [5, 5.41) is 0. The monoisotopic (exact) mass is 433 g/mol. The lowest BCUT2D eigenvalue weighted by molar-refractivity contribution is -0.136. The number of allylic oxidation sites excluding steroid dienone is 2. The summed E-state index contributed by atoms with van der Waals surface area (Å²) in [5.41, 5.74) is 3.99. The van der Waals surface area contributed by atoms with Crippen LogP contribution in [0.15, 0.2) is 71.1 Å². The fraction of sp³-hybridized carbons (Fsp3) is 0.308. The Morgan fingerprint density at radius 2 is 1.66 bits per heavy atom. The average Bonchev–Trinajstić information content (AvgIpc) is 3.13. The molecule has 2 heterocycles. The van der Waals surface area contributed by atoms with Crippen molar-refractivity contribution in [3.63, 3.8) is 0 Å². The van der Waals surface area contributed by atoms with Crippen LogP contribution in [0.5, 0.6) is 5.75 Å². The van der Waals surface area contributed by atoms with Crippen molar-refractivity contribution in [1.82, 2.24) is 0 Å². The van der Waals surface area contributed by atoms with E-state index in [1.54, 1.807) is 19.2 Å². The first kappa shape index (κ1) is 20.5. The fourth-order valence-corrected chi connectivity index (χ4v) is 5.04. The maximum absolute atomic E-state index is 13.7. The number of carbonyl (C=O) groups excluding carboxylic acids is 2. The van der Waals surface area contributed by atoms with E-state index in [1.165, 1.54) is 12.1 Å². The predicted octanol–water partition coefficient (Wildman–Crippen LogP) is 4.89. The molecule has 0 aromatic heterocycles. The summed E-state index contributed by atoms with van der Waals surface area (Å²) in [5.74, 6) is -0.538. The Morgan fingerprint density at radius 3 is 2.31 bits per heavy atom. The second-order valence-electron chi connectivity index (χ2n) is 9.26. The summed E-state index contributed by atoms with van der Waals surface area (Å²) in [6.07, 6.45) is 1.05. The van der Waals surface area contributed by atoms with E-state index in [1.807, 2.05) is 29.2 Å². The standard InChI is InChI=1S/C26H24FNO4/c1-26(2)12-19-23(21(29)13-26)22(15-4-10-18(31-3)11-5-15)24-20(14-32-25(24)30)28(19)17-8-6-16(27)7-9-17/h4-11,22H,12-14H2,1-3H3. The van der Waals surface area contributed by atoms with Crippen molar-refractivity contribution in [2.45, 2.75) is 32.6 Å². The molecule has 6 heteroatoms. The van der Waals surface area contributed by atoms with E-state index >= 15 is 0 Å². The van der Waals surface area contributed by atoms with Crippen LogP contribution in [-0.2, 0) is 14.3 Å². The van der Waals surface area contributed by atoms with Gasteiger partial charge in [0.25, 0.3) is 0 Å². The smallest absolute Gasteiger partial charge is 0.337 e. The van der Waals surface area contributed by atoms with E-state index in [2.05, 4.69) is 13.8 Å². The molecule has 0 N–H and O–H groups in total. The molecule has 3 aliphatic rings. The molecule has 2 aliphatic heterocycles. The number of carbonyl (C=O) groups is 2. The predicted molar refractivity (Wildman–Crippen MR) is 118 cm³/mol. The van der Waals surface area contributed by atoms with Gasteiger partial charge in [-0.25, -0.2) is 9.18 Å². The van der Waals surface area contributed by atoms with Crippen LogP contribution in [0.2, 0.25) is 0 Å². The number of hydrogen-bond acceptors (Lipinski definition) is 5. The largest absolute Gasteiger partial charge is 0.497 e. The summed E-state index contributed by atoms with van der Waals surface area (Å²) in [4.78, 5) is 28.4. The Hall–Kier alpha value is -3.41. The van der Waals surface area contributed by atoms with Gasteiger partial charge in [0.1, 0.15) is 18.2 Å². The van der Waals surface area contributed by atoms with Crippen LogP contribution in [0.4, 0.5) is 10.1 Å². The molecule has 2 aromatic carbocycles. The zero-order valence-corrected chi connectivity index (χ0v) is 18.3. The molecule has 1 aliphatic carbocycles. The number of methoxy groups -OCH3 is 1. The highest BCUT2D eigenvalue weighted by Gasteiger charge is 2.48. The molecule has 32 heavy (non-hydrogen) atoms. The first-order valence-electron chi connectivity index (χ1n) is 10.6. The van der Waals surface area contributed by atoms with Crippen LogP contribution in [0, 0.1) is 11.2 Å². The number of anilines is 1. The normalized spacial score (nSPS) is 22.0. The number of benzene rings is 2. The summed E-state index contributed by atoms with van der Waals surface area (Å²) < 4.78 is 24.4. The molecule has 0 radical (unpaired) electrons. The van der Waals surface area contributed by atoms with Crippen molar-refractivity contribution < 1.29 is 23.5 Å². The Balaban J connectivity index is 1.76.